The van der Waals surface area contributed by atoms with E-state index in [1.54, 1.807) is 31.5 Å². The molecule has 3 atom stereocenters. The van der Waals surface area contributed by atoms with Crippen LogP contribution in [0.3, 0.4) is 0 Å². The van der Waals surface area contributed by atoms with Crippen molar-refractivity contribution in [3.8, 4) is 23.3 Å². The molecular formula is C39H45N3O6Si. The van der Waals surface area contributed by atoms with Crippen molar-refractivity contribution in [2.75, 3.05) is 34.9 Å². The molecule has 5 rings (SSSR count). The summed E-state index contributed by atoms with van der Waals surface area (Å²) in [6, 6.07) is 29.3. The predicted molar refractivity (Wildman–Crippen MR) is 196 cm³/mol. The lowest BCUT2D eigenvalue weighted by Crippen LogP contribution is -2.41. The standard InChI is InChI=1S/C39H45N3O6Si/c1-42(2)27-40-38-28(14-24-37(43)41-38)13-19-34-25-35(48-49(5,6)7)36(47-34)26-46-39(29-11-9-8-10-12-29,30-15-20-32(44-3)21-16-30)31-17-22-33(45-4)23-18-31/h8-12,14-18,20-24,27,34-36H,25-26H2,1-7H3,(H,41,43)/b40-27+/t34-,35-,36+/m0/s1. The molecular weight excluding hydrogens is 635 g/mol. The molecule has 0 saturated carbocycles. The Kier molecular flexibility index (Phi) is 11.4. The van der Waals surface area contributed by atoms with Crippen molar-refractivity contribution in [1.82, 2.24) is 9.88 Å². The van der Waals surface area contributed by atoms with Crippen LogP contribution in [-0.2, 0) is 19.5 Å². The van der Waals surface area contributed by atoms with E-state index in [1.165, 1.54) is 6.07 Å². The van der Waals surface area contributed by atoms with Crippen molar-refractivity contribution >= 4 is 20.5 Å². The molecule has 1 saturated heterocycles. The highest BCUT2D eigenvalue weighted by molar-refractivity contribution is 6.69. The number of aromatic amines is 1. The van der Waals surface area contributed by atoms with Gasteiger partial charge in [-0.1, -0.05) is 66.4 Å². The van der Waals surface area contributed by atoms with E-state index in [9.17, 15) is 4.79 Å². The van der Waals surface area contributed by atoms with Gasteiger partial charge in [0.25, 0.3) is 0 Å². The Balaban J connectivity index is 1.52. The van der Waals surface area contributed by atoms with Crippen LogP contribution in [0.2, 0.25) is 19.6 Å². The van der Waals surface area contributed by atoms with Gasteiger partial charge in [-0.15, -0.1) is 0 Å². The number of methoxy groups -OCH3 is 2. The van der Waals surface area contributed by atoms with Crippen LogP contribution in [0.5, 0.6) is 11.5 Å². The number of aromatic nitrogens is 1. The van der Waals surface area contributed by atoms with Gasteiger partial charge >= 0.3 is 0 Å². The monoisotopic (exact) mass is 679 g/mol. The molecule has 0 radical (unpaired) electrons. The van der Waals surface area contributed by atoms with E-state index in [1.807, 2.05) is 80.8 Å². The summed E-state index contributed by atoms with van der Waals surface area (Å²) in [5.74, 6) is 8.38. The summed E-state index contributed by atoms with van der Waals surface area (Å²) in [4.78, 5) is 21.0. The van der Waals surface area contributed by atoms with Crippen molar-refractivity contribution in [2.45, 2.75) is 50.0 Å². The van der Waals surface area contributed by atoms with Gasteiger partial charge in [0, 0.05) is 26.6 Å². The highest BCUT2D eigenvalue weighted by Gasteiger charge is 2.43. The molecule has 0 unspecified atom stereocenters. The molecule has 3 aromatic carbocycles. The third-order valence-electron chi connectivity index (χ3n) is 8.03. The second-order valence-corrected chi connectivity index (χ2v) is 17.5. The molecule has 10 heteroatoms. The first-order chi connectivity index (χ1) is 23.5. The Bertz CT molecular complexity index is 1780. The summed E-state index contributed by atoms with van der Waals surface area (Å²) in [7, 11) is 5.05. The first-order valence-electron chi connectivity index (χ1n) is 16.3. The second-order valence-electron chi connectivity index (χ2n) is 13.0. The van der Waals surface area contributed by atoms with E-state index in [2.05, 4.69) is 53.6 Å². The van der Waals surface area contributed by atoms with Crippen LogP contribution >= 0.6 is 0 Å². The summed E-state index contributed by atoms with van der Waals surface area (Å²) in [6.07, 6.45) is 1.16. The number of ether oxygens (including phenoxy) is 4. The molecule has 0 amide bonds. The van der Waals surface area contributed by atoms with Crippen LogP contribution in [0.4, 0.5) is 5.82 Å². The number of benzene rings is 3. The highest BCUT2D eigenvalue weighted by atomic mass is 28.4. The van der Waals surface area contributed by atoms with Crippen molar-refractivity contribution in [3.05, 3.63) is 124 Å². The molecule has 1 aromatic heterocycles. The number of rotatable bonds is 12. The molecule has 4 aromatic rings. The normalized spacial score (nSPS) is 17.8. The summed E-state index contributed by atoms with van der Waals surface area (Å²) in [5, 5.41) is 0. The maximum atomic E-state index is 12.0. The first kappa shape index (κ1) is 35.6. The van der Waals surface area contributed by atoms with Crippen molar-refractivity contribution in [1.29, 1.82) is 0 Å². The van der Waals surface area contributed by atoms with E-state index in [-0.39, 0.29) is 18.3 Å². The fourth-order valence-electron chi connectivity index (χ4n) is 5.81. The second kappa shape index (κ2) is 15.7. The maximum Gasteiger partial charge on any atom is 0.249 e. The molecule has 0 aliphatic carbocycles. The maximum absolute atomic E-state index is 12.0. The number of hydrogen-bond acceptors (Lipinski definition) is 7. The van der Waals surface area contributed by atoms with Crippen LogP contribution in [-0.4, -0.2) is 77.8 Å². The number of nitrogens with zero attached hydrogens (tertiary/aromatic N) is 2. The summed E-state index contributed by atoms with van der Waals surface area (Å²) in [5.41, 5.74) is 2.20. The SMILES string of the molecule is COc1ccc(C(OC[C@H]2O[C@@H](C#Cc3ccc(=O)[nH]c3/N=C/N(C)C)C[C@@H]2O[Si](C)(C)C)(c2ccccc2)c2ccc(OC)cc2)cc1. The van der Waals surface area contributed by atoms with Crippen LogP contribution < -0.4 is 15.0 Å². The third kappa shape index (κ3) is 8.88. The Morgan fingerprint density at radius 3 is 2.04 bits per heavy atom. The lowest BCUT2D eigenvalue weighted by atomic mass is 9.80. The molecule has 2 heterocycles. The molecule has 1 aliphatic heterocycles. The van der Waals surface area contributed by atoms with E-state index in [0.29, 0.717) is 17.8 Å². The van der Waals surface area contributed by atoms with Gasteiger partial charge in [0.05, 0.1) is 38.8 Å². The van der Waals surface area contributed by atoms with Gasteiger partial charge in [0.1, 0.15) is 35.1 Å². The van der Waals surface area contributed by atoms with E-state index >= 15 is 0 Å². The molecule has 1 aliphatic rings. The van der Waals surface area contributed by atoms with Crippen LogP contribution in [0.1, 0.15) is 28.7 Å². The number of H-pyrrole nitrogens is 1. The lowest BCUT2D eigenvalue weighted by Gasteiger charge is -2.37. The van der Waals surface area contributed by atoms with Gasteiger partial charge in [-0.25, -0.2) is 4.99 Å². The van der Waals surface area contributed by atoms with Crippen LogP contribution in [0.15, 0.2) is 101 Å². The largest absolute Gasteiger partial charge is 0.497 e. The molecule has 256 valence electrons. The number of pyridine rings is 1. The topological polar surface area (TPSA) is 94.6 Å². The van der Waals surface area contributed by atoms with Gasteiger partial charge in [-0.3, -0.25) is 4.79 Å². The van der Waals surface area contributed by atoms with E-state index in [0.717, 1.165) is 28.2 Å². The van der Waals surface area contributed by atoms with Gasteiger partial charge < -0.3 is 33.3 Å². The quantitative estimate of drug-likeness (QED) is 0.0613. The average Bonchev–Trinajstić information content (AvgIpc) is 3.47. The van der Waals surface area contributed by atoms with Gasteiger partial charge in [0.2, 0.25) is 5.56 Å². The number of aliphatic imine (C=N–C) groups is 1. The molecule has 0 bridgehead atoms. The fraction of sp³-hybridized carbons (Fsp3) is 0.333. The minimum atomic E-state index is -1.98. The molecule has 1 fully saturated rings. The Labute approximate surface area is 290 Å². The summed E-state index contributed by atoms with van der Waals surface area (Å²) >= 11 is 0. The van der Waals surface area contributed by atoms with E-state index < -0.39 is 26.1 Å². The molecule has 9 nitrogen and oxygen atoms in total. The number of hydrogen-bond donors (Lipinski definition) is 1. The minimum absolute atomic E-state index is 0.229. The Morgan fingerprint density at radius 2 is 1.49 bits per heavy atom. The molecule has 49 heavy (non-hydrogen) atoms. The molecule has 0 spiro atoms. The van der Waals surface area contributed by atoms with E-state index in [4.69, 9.17) is 23.4 Å². The fourth-order valence-corrected chi connectivity index (χ4v) is 6.97. The van der Waals surface area contributed by atoms with Gasteiger partial charge in [0.15, 0.2) is 8.32 Å². The van der Waals surface area contributed by atoms with Crippen molar-refractivity contribution < 1.29 is 23.4 Å². The zero-order valence-electron chi connectivity index (χ0n) is 29.2. The highest BCUT2D eigenvalue weighted by Crippen LogP contribution is 2.42. The predicted octanol–water partition coefficient (Wildman–Crippen LogP) is 6.35. The van der Waals surface area contributed by atoms with Crippen molar-refractivity contribution in [3.63, 3.8) is 0 Å². The molecule has 1 N–H and O–H groups in total. The van der Waals surface area contributed by atoms with Gasteiger partial charge in [-0.05, 0) is 66.7 Å². The third-order valence-corrected chi connectivity index (χ3v) is 9.04. The lowest BCUT2D eigenvalue weighted by molar-refractivity contribution is -0.0733. The van der Waals surface area contributed by atoms with Crippen LogP contribution in [0, 0.1) is 11.8 Å². The zero-order valence-corrected chi connectivity index (χ0v) is 30.2. The van der Waals surface area contributed by atoms with Gasteiger partial charge in [-0.2, -0.15) is 0 Å². The number of nitrogens with one attached hydrogen (secondary N) is 1. The Morgan fingerprint density at radius 1 is 0.898 bits per heavy atom. The minimum Gasteiger partial charge on any atom is -0.497 e. The smallest absolute Gasteiger partial charge is 0.249 e. The Hall–Kier alpha value is -4.66. The zero-order chi connectivity index (χ0) is 35.0. The first-order valence-corrected chi connectivity index (χ1v) is 19.7. The summed E-state index contributed by atoms with van der Waals surface area (Å²) < 4.78 is 31.5. The van der Waals surface area contributed by atoms with Crippen LogP contribution in [0.25, 0.3) is 0 Å². The average molecular weight is 680 g/mol. The summed E-state index contributed by atoms with van der Waals surface area (Å²) in [6.45, 7) is 6.74. The van der Waals surface area contributed by atoms with Crippen molar-refractivity contribution in [2.24, 2.45) is 4.99 Å².